The van der Waals surface area contributed by atoms with Gasteiger partial charge in [-0.05, 0) is 17.7 Å². The summed E-state index contributed by atoms with van der Waals surface area (Å²) in [6.45, 7) is 0. The smallest absolute Gasteiger partial charge is 0.265 e. The summed E-state index contributed by atoms with van der Waals surface area (Å²) in [6.07, 6.45) is 3.29. The first-order valence-electron chi connectivity index (χ1n) is 7.11. The van der Waals surface area contributed by atoms with Crippen LogP contribution in [0.25, 0.3) is 33.5 Å². The van der Waals surface area contributed by atoms with E-state index in [0.29, 0.717) is 5.69 Å². The number of benzene rings is 1. The van der Waals surface area contributed by atoms with Gasteiger partial charge in [-0.25, -0.2) is 9.97 Å². The number of aromatic nitrogens is 4. The zero-order valence-electron chi connectivity index (χ0n) is 12.1. The first kappa shape index (κ1) is 13.3. The molecule has 3 aromatic heterocycles. The van der Waals surface area contributed by atoms with Gasteiger partial charge in [0.15, 0.2) is 0 Å². The Bertz CT molecular complexity index is 1000. The molecule has 4 aromatic rings. The molecule has 0 radical (unpaired) electrons. The van der Waals surface area contributed by atoms with Crippen LogP contribution in [0.15, 0.2) is 55.0 Å². The molecule has 1 aromatic carbocycles. The van der Waals surface area contributed by atoms with Crippen molar-refractivity contribution >= 4 is 16.9 Å². The van der Waals surface area contributed by atoms with Gasteiger partial charge in [0.05, 0.1) is 11.4 Å². The zero-order valence-corrected chi connectivity index (χ0v) is 12.1. The van der Waals surface area contributed by atoms with Crippen LogP contribution in [0, 0.1) is 0 Å². The van der Waals surface area contributed by atoms with Crippen LogP contribution in [0.3, 0.4) is 0 Å². The van der Waals surface area contributed by atoms with Crippen molar-refractivity contribution < 1.29 is 4.79 Å². The number of nitrogens with one attached hydrogen (secondary N) is 2. The summed E-state index contributed by atoms with van der Waals surface area (Å²) in [5, 5.41) is 0.879. The first-order chi connectivity index (χ1) is 11.2. The average molecular weight is 303 g/mol. The highest BCUT2D eigenvalue weighted by Gasteiger charge is 2.17. The second-order valence-electron chi connectivity index (χ2n) is 5.16. The molecule has 6 nitrogen and oxygen atoms in total. The summed E-state index contributed by atoms with van der Waals surface area (Å²) < 4.78 is 0. The van der Waals surface area contributed by atoms with Crippen LogP contribution < -0.4 is 5.73 Å². The number of nitrogens with two attached hydrogens (primary N) is 1. The molecule has 0 fully saturated rings. The number of carbonyl (C=O) groups is 1. The molecule has 0 saturated heterocycles. The van der Waals surface area contributed by atoms with E-state index in [-0.39, 0.29) is 0 Å². The topological polar surface area (TPSA) is 100 Å². The molecule has 0 atom stereocenters. The Morgan fingerprint density at radius 2 is 1.91 bits per heavy atom. The number of H-pyrrole nitrogens is 2. The maximum Gasteiger partial charge on any atom is 0.265 e. The minimum absolute atomic E-state index is 0.369. The number of hydrogen-bond donors (Lipinski definition) is 3. The van der Waals surface area contributed by atoms with Crippen molar-refractivity contribution in [3.05, 3.63) is 60.7 Å². The number of fused-ring (bicyclic) bond motifs is 1. The minimum atomic E-state index is -0.505. The van der Waals surface area contributed by atoms with Gasteiger partial charge in [0.25, 0.3) is 5.91 Å². The molecular formula is C17H13N5O. The highest BCUT2D eigenvalue weighted by Crippen LogP contribution is 2.31. The lowest BCUT2D eigenvalue weighted by atomic mass is 10.1. The molecule has 0 bridgehead atoms. The largest absolute Gasteiger partial charge is 0.364 e. The summed E-state index contributed by atoms with van der Waals surface area (Å²) in [4.78, 5) is 26.5. The summed E-state index contributed by atoms with van der Waals surface area (Å²) in [5.41, 5.74) is 9.77. The van der Waals surface area contributed by atoms with E-state index in [1.807, 2.05) is 42.5 Å². The normalized spacial score (nSPS) is 11.0. The number of carbonyl (C=O) groups excluding carboxylic acids is 1. The molecule has 0 spiro atoms. The Hall–Kier alpha value is -3.41. The van der Waals surface area contributed by atoms with Crippen LogP contribution in [0.2, 0.25) is 0 Å². The molecule has 0 aliphatic carbocycles. The third kappa shape index (κ3) is 2.17. The van der Waals surface area contributed by atoms with Crippen LogP contribution in [-0.4, -0.2) is 25.8 Å². The van der Waals surface area contributed by atoms with Crippen molar-refractivity contribution in [3.63, 3.8) is 0 Å². The lowest BCUT2D eigenvalue weighted by molar-refractivity contribution is 0.0997. The van der Waals surface area contributed by atoms with Gasteiger partial charge in [0.2, 0.25) is 0 Å². The lowest BCUT2D eigenvalue weighted by Gasteiger charge is -1.99. The van der Waals surface area contributed by atoms with E-state index in [1.165, 1.54) is 6.33 Å². The molecule has 0 aliphatic heterocycles. The predicted molar refractivity (Wildman–Crippen MR) is 87.6 cm³/mol. The fourth-order valence-corrected chi connectivity index (χ4v) is 2.71. The molecule has 0 aliphatic rings. The summed E-state index contributed by atoms with van der Waals surface area (Å²) in [7, 11) is 0. The van der Waals surface area contributed by atoms with Crippen LogP contribution >= 0.6 is 0 Å². The van der Waals surface area contributed by atoms with Crippen molar-refractivity contribution in [2.45, 2.75) is 0 Å². The van der Waals surface area contributed by atoms with E-state index in [0.717, 1.165) is 33.5 Å². The summed E-state index contributed by atoms with van der Waals surface area (Å²) in [6, 6.07) is 13.4. The monoisotopic (exact) mass is 303 g/mol. The number of aromatic amines is 2. The average Bonchev–Trinajstić information content (AvgIpc) is 3.22. The van der Waals surface area contributed by atoms with E-state index in [1.54, 1.807) is 6.20 Å². The quantitative estimate of drug-likeness (QED) is 0.542. The molecule has 1 amide bonds. The van der Waals surface area contributed by atoms with Gasteiger partial charge in [0.1, 0.15) is 17.7 Å². The van der Waals surface area contributed by atoms with E-state index >= 15 is 0 Å². The second-order valence-corrected chi connectivity index (χ2v) is 5.16. The number of nitrogens with zero attached hydrogens (tertiary/aromatic N) is 2. The number of primary amides is 1. The van der Waals surface area contributed by atoms with Gasteiger partial charge >= 0.3 is 0 Å². The molecule has 0 unspecified atom stereocenters. The van der Waals surface area contributed by atoms with Crippen molar-refractivity contribution in [2.24, 2.45) is 5.73 Å². The van der Waals surface area contributed by atoms with Gasteiger partial charge in [-0.2, -0.15) is 0 Å². The number of hydrogen-bond acceptors (Lipinski definition) is 3. The molecule has 23 heavy (non-hydrogen) atoms. The zero-order chi connectivity index (χ0) is 15.8. The first-order valence-corrected chi connectivity index (χ1v) is 7.11. The summed E-state index contributed by atoms with van der Waals surface area (Å²) >= 11 is 0. The Morgan fingerprint density at radius 3 is 2.70 bits per heavy atom. The van der Waals surface area contributed by atoms with Crippen LogP contribution in [0.1, 0.15) is 10.5 Å². The van der Waals surface area contributed by atoms with Crippen molar-refractivity contribution in [1.82, 2.24) is 19.9 Å². The minimum Gasteiger partial charge on any atom is -0.364 e. The SMILES string of the molecule is NC(=O)c1[nH]c(-c2ncnc3[nH]ccc23)cc1-c1ccccc1. The molecule has 4 rings (SSSR count). The standard InChI is InChI=1S/C17H13N5O/c18-16(23)15-12(10-4-2-1-3-5-10)8-13(22-15)14-11-6-7-19-17(11)21-9-20-14/h1-9,22H,(H2,18,23)(H,19,20,21). The third-order valence-corrected chi connectivity index (χ3v) is 3.76. The van der Waals surface area contributed by atoms with Gasteiger partial charge in [-0.3, -0.25) is 4.79 Å². The Balaban J connectivity index is 1.94. The van der Waals surface area contributed by atoms with Crippen molar-refractivity contribution in [2.75, 3.05) is 0 Å². The highest BCUT2D eigenvalue weighted by molar-refractivity contribution is 6.01. The van der Waals surface area contributed by atoms with Crippen molar-refractivity contribution in [3.8, 4) is 22.5 Å². The van der Waals surface area contributed by atoms with E-state index in [9.17, 15) is 4.79 Å². The molecule has 4 N–H and O–H groups in total. The third-order valence-electron chi connectivity index (χ3n) is 3.76. The number of amides is 1. The Kier molecular flexibility index (Phi) is 2.94. The fraction of sp³-hybridized carbons (Fsp3) is 0. The van der Waals surface area contributed by atoms with E-state index in [2.05, 4.69) is 19.9 Å². The van der Waals surface area contributed by atoms with Gasteiger partial charge in [0, 0.05) is 17.1 Å². The summed E-state index contributed by atoms with van der Waals surface area (Å²) in [5.74, 6) is -0.505. The second kappa shape index (κ2) is 5.10. The fourth-order valence-electron chi connectivity index (χ4n) is 2.71. The molecule has 112 valence electrons. The van der Waals surface area contributed by atoms with Crippen LogP contribution in [-0.2, 0) is 0 Å². The van der Waals surface area contributed by atoms with Crippen molar-refractivity contribution in [1.29, 1.82) is 0 Å². The maximum atomic E-state index is 11.8. The highest BCUT2D eigenvalue weighted by atomic mass is 16.1. The maximum absolute atomic E-state index is 11.8. The van der Waals surface area contributed by atoms with Gasteiger partial charge in [-0.1, -0.05) is 30.3 Å². The number of rotatable bonds is 3. The van der Waals surface area contributed by atoms with E-state index < -0.39 is 5.91 Å². The van der Waals surface area contributed by atoms with Crippen LogP contribution in [0.4, 0.5) is 0 Å². The molecule has 6 heteroatoms. The van der Waals surface area contributed by atoms with E-state index in [4.69, 9.17) is 5.73 Å². The van der Waals surface area contributed by atoms with Crippen LogP contribution in [0.5, 0.6) is 0 Å². The van der Waals surface area contributed by atoms with Gasteiger partial charge < -0.3 is 15.7 Å². The molecule has 3 heterocycles. The Morgan fingerprint density at radius 1 is 1.09 bits per heavy atom. The Labute approximate surface area is 131 Å². The molecular weight excluding hydrogens is 290 g/mol. The predicted octanol–water partition coefficient (Wildman–Crippen LogP) is 2.72. The molecule has 0 saturated carbocycles. The van der Waals surface area contributed by atoms with Gasteiger partial charge in [-0.15, -0.1) is 0 Å². The lowest BCUT2D eigenvalue weighted by Crippen LogP contribution is -2.12.